The molecule has 0 spiro atoms. The van der Waals surface area contributed by atoms with E-state index in [1.807, 2.05) is 24.5 Å². The van der Waals surface area contributed by atoms with Gasteiger partial charge in [0.25, 0.3) is 0 Å². The van der Waals surface area contributed by atoms with Gasteiger partial charge in [0.15, 0.2) is 5.58 Å². The third-order valence-electron chi connectivity index (χ3n) is 6.20. The Morgan fingerprint density at radius 3 is 2.74 bits per heavy atom. The summed E-state index contributed by atoms with van der Waals surface area (Å²) in [6.45, 7) is 2.38. The first-order valence-electron chi connectivity index (χ1n) is 10.0. The molecule has 3 aromatic heterocycles. The van der Waals surface area contributed by atoms with Crippen LogP contribution in [0.2, 0.25) is 0 Å². The quantitative estimate of drug-likeness (QED) is 0.408. The molecule has 3 nitrogen and oxygen atoms in total. The number of rotatable bonds is 3. The number of aromatic nitrogens is 2. The Bertz CT molecular complexity index is 1090. The maximum atomic E-state index is 6.15. The van der Waals surface area contributed by atoms with Gasteiger partial charge in [0.1, 0.15) is 11.1 Å². The number of pyridine rings is 2. The van der Waals surface area contributed by atoms with Crippen LogP contribution >= 0.6 is 0 Å². The molecule has 4 aromatic rings. The van der Waals surface area contributed by atoms with Gasteiger partial charge < -0.3 is 4.42 Å². The molecule has 0 radical (unpaired) electrons. The van der Waals surface area contributed by atoms with Gasteiger partial charge in [-0.3, -0.25) is 9.97 Å². The number of furan rings is 1. The Morgan fingerprint density at radius 1 is 0.963 bits per heavy atom. The highest BCUT2D eigenvalue weighted by atomic mass is 16.3. The minimum atomic E-state index is 0.573. The SMILES string of the molecule is CC(c1ccnc(-c2cccc3c2oc2cccnc23)c1)C1CCCCC1. The van der Waals surface area contributed by atoms with Gasteiger partial charge in [-0.1, -0.05) is 32.3 Å². The molecule has 1 unspecified atom stereocenters. The van der Waals surface area contributed by atoms with Gasteiger partial charge in [-0.05, 0) is 66.6 Å². The van der Waals surface area contributed by atoms with Gasteiger partial charge in [0.05, 0.1) is 5.69 Å². The fourth-order valence-electron chi connectivity index (χ4n) is 4.60. The number of nitrogens with zero attached hydrogens (tertiary/aromatic N) is 2. The zero-order valence-corrected chi connectivity index (χ0v) is 15.7. The highest BCUT2D eigenvalue weighted by Crippen LogP contribution is 2.38. The molecule has 0 saturated heterocycles. The predicted molar refractivity (Wildman–Crippen MR) is 110 cm³/mol. The summed E-state index contributed by atoms with van der Waals surface area (Å²) in [4.78, 5) is 9.17. The second kappa shape index (κ2) is 6.80. The van der Waals surface area contributed by atoms with Crippen molar-refractivity contribution in [3.8, 4) is 11.3 Å². The molecule has 1 aliphatic carbocycles. The topological polar surface area (TPSA) is 38.9 Å². The largest absolute Gasteiger partial charge is 0.454 e. The molecule has 5 rings (SSSR count). The van der Waals surface area contributed by atoms with Crippen LogP contribution in [0.25, 0.3) is 33.3 Å². The summed E-state index contributed by atoms with van der Waals surface area (Å²) in [5, 5.41) is 1.05. The van der Waals surface area contributed by atoms with Crippen LogP contribution in [0.5, 0.6) is 0 Å². The Kier molecular flexibility index (Phi) is 4.16. The van der Waals surface area contributed by atoms with Crippen LogP contribution < -0.4 is 0 Å². The van der Waals surface area contributed by atoms with Crippen molar-refractivity contribution in [1.82, 2.24) is 9.97 Å². The standard InChI is InChI=1S/C24H24N2O/c1-16(17-7-3-2-4-8-17)18-12-14-25-21(15-18)19-9-5-10-20-23-22(27-24(19)20)11-6-13-26-23/h5-6,9-17H,2-4,7-8H2,1H3. The molecule has 3 heterocycles. The normalized spacial score (nSPS) is 16.8. The third kappa shape index (κ3) is 2.91. The average Bonchev–Trinajstić information content (AvgIpc) is 3.13. The van der Waals surface area contributed by atoms with E-state index in [4.69, 9.17) is 4.42 Å². The molecule has 27 heavy (non-hydrogen) atoms. The zero-order chi connectivity index (χ0) is 18.2. The van der Waals surface area contributed by atoms with E-state index in [0.29, 0.717) is 5.92 Å². The minimum absolute atomic E-state index is 0.573. The number of hydrogen-bond donors (Lipinski definition) is 0. The van der Waals surface area contributed by atoms with Crippen molar-refractivity contribution < 1.29 is 4.42 Å². The van der Waals surface area contributed by atoms with Crippen LogP contribution in [0.3, 0.4) is 0 Å². The number of para-hydroxylation sites is 1. The summed E-state index contributed by atoms with van der Waals surface area (Å²) in [5.41, 5.74) is 6.04. The lowest BCUT2D eigenvalue weighted by molar-refractivity contribution is 0.316. The van der Waals surface area contributed by atoms with E-state index in [9.17, 15) is 0 Å². The lowest BCUT2D eigenvalue weighted by atomic mass is 9.78. The molecule has 1 saturated carbocycles. The first-order valence-corrected chi connectivity index (χ1v) is 10.0. The average molecular weight is 356 g/mol. The molecule has 1 fully saturated rings. The number of fused-ring (bicyclic) bond motifs is 3. The Morgan fingerprint density at radius 2 is 1.85 bits per heavy atom. The lowest BCUT2D eigenvalue weighted by Crippen LogP contribution is -2.14. The Hall–Kier alpha value is -2.68. The van der Waals surface area contributed by atoms with E-state index in [2.05, 4.69) is 47.2 Å². The van der Waals surface area contributed by atoms with Crippen molar-refractivity contribution in [1.29, 1.82) is 0 Å². The monoisotopic (exact) mass is 356 g/mol. The minimum Gasteiger partial charge on any atom is -0.454 e. The first kappa shape index (κ1) is 16.5. The van der Waals surface area contributed by atoms with Crippen LogP contribution in [0.15, 0.2) is 59.3 Å². The van der Waals surface area contributed by atoms with Gasteiger partial charge in [-0.2, -0.15) is 0 Å². The number of benzene rings is 1. The number of hydrogen-bond acceptors (Lipinski definition) is 3. The van der Waals surface area contributed by atoms with Crippen LogP contribution in [-0.2, 0) is 0 Å². The molecule has 0 aliphatic heterocycles. The fourth-order valence-corrected chi connectivity index (χ4v) is 4.60. The van der Waals surface area contributed by atoms with Gasteiger partial charge in [0, 0.05) is 23.3 Å². The molecule has 1 aromatic carbocycles. The van der Waals surface area contributed by atoms with Crippen molar-refractivity contribution >= 4 is 22.1 Å². The zero-order valence-electron chi connectivity index (χ0n) is 15.7. The summed E-state index contributed by atoms with van der Waals surface area (Å²) < 4.78 is 6.15. The van der Waals surface area contributed by atoms with Crippen molar-refractivity contribution in [3.05, 3.63) is 60.4 Å². The molecule has 3 heteroatoms. The van der Waals surface area contributed by atoms with Crippen molar-refractivity contribution in [3.63, 3.8) is 0 Å². The van der Waals surface area contributed by atoms with Crippen LogP contribution in [-0.4, -0.2) is 9.97 Å². The van der Waals surface area contributed by atoms with Gasteiger partial charge in [-0.25, -0.2) is 0 Å². The first-order chi connectivity index (χ1) is 13.3. The summed E-state index contributed by atoms with van der Waals surface area (Å²) in [5.74, 6) is 1.36. The summed E-state index contributed by atoms with van der Waals surface area (Å²) in [6.07, 6.45) is 10.6. The molecule has 1 atom stereocenters. The molecular formula is C24H24N2O. The molecule has 136 valence electrons. The van der Waals surface area contributed by atoms with Crippen molar-refractivity contribution in [2.45, 2.75) is 44.9 Å². The van der Waals surface area contributed by atoms with E-state index in [0.717, 1.165) is 39.2 Å². The van der Waals surface area contributed by atoms with Gasteiger partial charge in [0.2, 0.25) is 0 Å². The lowest BCUT2D eigenvalue weighted by Gasteiger charge is -2.28. The second-order valence-electron chi connectivity index (χ2n) is 7.80. The molecule has 0 N–H and O–H groups in total. The summed E-state index contributed by atoms with van der Waals surface area (Å²) in [7, 11) is 0. The summed E-state index contributed by atoms with van der Waals surface area (Å²) >= 11 is 0. The maximum Gasteiger partial charge on any atom is 0.153 e. The van der Waals surface area contributed by atoms with Gasteiger partial charge >= 0.3 is 0 Å². The smallest absolute Gasteiger partial charge is 0.153 e. The Balaban J connectivity index is 1.59. The van der Waals surface area contributed by atoms with E-state index in [1.165, 1.54) is 37.7 Å². The predicted octanol–water partition coefficient (Wildman–Crippen LogP) is 6.73. The van der Waals surface area contributed by atoms with E-state index in [1.54, 1.807) is 0 Å². The van der Waals surface area contributed by atoms with E-state index >= 15 is 0 Å². The van der Waals surface area contributed by atoms with Crippen LogP contribution in [0.4, 0.5) is 0 Å². The van der Waals surface area contributed by atoms with Crippen LogP contribution in [0.1, 0.15) is 50.5 Å². The highest BCUT2D eigenvalue weighted by Gasteiger charge is 2.22. The Labute approximate surface area is 159 Å². The molecular weight excluding hydrogens is 332 g/mol. The van der Waals surface area contributed by atoms with Crippen molar-refractivity contribution in [2.75, 3.05) is 0 Å². The third-order valence-corrected chi connectivity index (χ3v) is 6.20. The highest BCUT2D eigenvalue weighted by molar-refractivity contribution is 6.07. The van der Waals surface area contributed by atoms with E-state index in [-0.39, 0.29) is 0 Å². The summed E-state index contributed by atoms with van der Waals surface area (Å²) in [6, 6.07) is 14.6. The molecule has 1 aliphatic rings. The fraction of sp³-hybridized carbons (Fsp3) is 0.333. The molecule has 0 bridgehead atoms. The second-order valence-corrected chi connectivity index (χ2v) is 7.80. The molecule has 0 amide bonds. The van der Waals surface area contributed by atoms with Crippen molar-refractivity contribution in [2.24, 2.45) is 5.92 Å². The van der Waals surface area contributed by atoms with Gasteiger partial charge in [-0.15, -0.1) is 0 Å². The maximum absolute atomic E-state index is 6.15. The van der Waals surface area contributed by atoms with Crippen LogP contribution in [0, 0.1) is 5.92 Å². The van der Waals surface area contributed by atoms with E-state index < -0.39 is 0 Å².